The van der Waals surface area contributed by atoms with Crippen molar-refractivity contribution in [2.45, 2.75) is 247 Å². The Hall–Kier alpha value is -1.22. The fourth-order valence-corrected chi connectivity index (χ4v) is 16.1. The highest BCUT2D eigenvalue weighted by molar-refractivity contribution is 5.21. The van der Waals surface area contributed by atoms with E-state index in [0.29, 0.717) is 32.1 Å². The number of hydrogen-bond donors (Lipinski definition) is 15. The minimum Gasteiger partial charge on any atom is -0.394 e. The molecule has 24 nitrogen and oxygen atoms in total. The first-order valence-electron chi connectivity index (χ1n) is 27.5. The summed E-state index contributed by atoms with van der Waals surface area (Å²) in [6.45, 7) is 13.5. The van der Waals surface area contributed by atoms with Gasteiger partial charge in [-0.25, -0.2) is 4.89 Å². The molecular weight excluding hydrogens is 1020 g/mol. The third-order valence-corrected chi connectivity index (χ3v) is 20.7. The van der Waals surface area contributed by atoms with Crippen molar-refractivity contribution in [1.29, 1.82) is 0 Å². The van der Waals surface area contributed by atoms with E-state index in [1.807, 2.05) is 6.92 Å². The van der Waals surface area contributed by atoms with Crippen LogP contribution in [0, 0.1) is 45.3 Å². The number of aliphatic hydroxyl groups excluding tert-OH is 14. The largest absolute Gasteiger partial charge is 0.394 e. The molecule has 0 spiro atoms. The van der Waals surface area contributed by atoms with Crippen LogP contribution in [0.1, 0.15) is 107 Å². The molecule has 0 radical (unpaired) electrons. The highest BCUT2D eigenvalue weighted by Gasteiger charge is 2.72. The second-order valence-electron chi connectivity index (χ2n) is 25.7. The molecule has 8 fully saturated rings. The minimum absolute atomic E-state index is 0.00235. The molecule has 0 bridgehead atoms. The lowest BCUT2D eigenvalue weighted by atomic mass is 9.35. The third kappa shape index (κ3) is 10.8. The number of fused-ring (bicyclic) bond motifs is 5. The zero-order valence-electron chi connectivity index (χ0n) is 45.5. The predicted molar refractivity (Wildman–Crippen MR) is 263 cm³/mol. The van der Waals surface area contributed by atoms with Crippen molar-refractivity contribution in [3.63, 3.8) is 0 Å². The van der Waals surface area contributed by atoms with Gasteiger partial charge >= 0.3 is 0 Å². The van der Waals surface area contributed by atoms with Crippen molar-refractivity contribution in [3.8, 4) is 0 Å². The topological polar surface area (TPSA) is 387 Å². The van der Waals surface area contributed by atoms with E-state index in [2.05, 4.69) is 34.6 Å². The monoisotopic (exact) mass is 1110 g/mol. The predicted octanol–water partition coefficient (Wildman–Crippen LogP) is -2.10. The van der Waals surface area contributed by atoms with Crippen LogP contribution in [0.4, 0.5) is 0 Å². The van der Waals surface area contributed by atoms with E-state index in [4.69, 9.17) is 42.8 Å². The summed E-state index contributed by atoms with van der Waals surface area (Å²) in [4.78, 5) is 4.72. The van der Waals surface area contributed by atoms with E-state index in [1.165, 1.54) is 0 Å². The molecule has 77 heavy (non-hydrogen) atoms. The summed E-state index contributed by atoms with van der Waals surface area (Å²) in [6.07, 6.45) is -23.4. The Balaban J connectivity index is 1.06. The number of aliphatic hydroxyl groups is 14. The van der Waals surface area contributed by atoms with Crippen LogP contribution in [0.3, 0.4) is 0 Å². The Kier molecular flexibility index (Phi) is 18.5. The van der Waals surface area contributed by atoms with Crippen molar-refractivity contribution < 1.29 is 120 Å². The van der Waals surface area contributed by atoms with Crippen molar-refractivity contribution >= 4 is 0 Å². The van der Waals surface area contributed by atoms with Gasteiger partial charge in [0, 0.05) is 0 Å². The second kappa shape index (κ2) is 23.1. The van der Waals surface area contributed by atoms with Crippen LogP contribution in [-0.2, 0) is 42.8 Å². The Bertz CT molecular complexity index is 2000. The number of rotatable bonds is 17. The van der Waals surface area contributed by atoms with Gasteiger partial charge < -0.3 is 109 Å². The van der Waals surface area contributed by atoms with E-state index < -0.39 is 183 Å². The lowest BCUT2D eigenvalue weighted by molar-refractivity contribution is -0.378. The molecule has 24 heteroatoms. The number of ether oxygens (including phenoxy) is 8. The molecule has 29 atom stereocenters. The molecule has 0 aromatic rings. The molecule has 4 aliphatic carbocycles. The minimum atomic E-state index is -1.83. The van der Waals surface area contributed by atoms with Gasteiger partial charge in [-0.2, -0.15) is 0 Å². The molecule has 4 saturated heterocycles. The van der Waals surface area contributed by atoms with Crippen LogP contribution in [0.2, 0.25) is 0 Å². The first-order valence-corrected chi connectivity index (χ1v) is 27.5. The summed E-state index contributed by atoms with van der Waals surface area (Å²) in [5, 5.41) is 161. The van der Waals surface area contributed by atoms with Crippen molar-refractivity contribution in [2.24, 2.45) is 45.3 Å². The summed E-state index contributed by atoms with van der Waals surface area (Å²) in [6, 6.07) is 0. The maximum Gasteiger partial charge on any atom is 0.187 e. The zero-order chi connectivity index (χ0) is 56.7. The lowest BCUT2D eigenvalue weighted by Gasteiger charge is -2.71. The maximum absolute atomic E-state index is 12.9. The summed E-state index contributed by atoms with van der Waals surface area (Å²) < 4.78 is 49.4. The molecule has 4 saturated carbocycles. The first kappa shape index (κ1) is 61.8. The average molecular weight is 1110 g/mol. The van der Waals surface area contributed by atoms with E-state index in [1.54, 1.807) is 26.0 Å². The van der Waals surface area contributed by atoms with E-state index >= 15 is 0 Å². The smallest absolute Gasteiger partial charge is 0.187 e. The van der Waals surface area contributed by atoms with Crippen LogP contribution in [0.25, 0.3) is 0 Å². The molecule has 0 amide bonds. The molecule has 0 unspecified atom stereocenters. The van der Waals surface area contributed by atoms with Gasteiger partial charge in [0.15, 0.2) is 25.2 Å². The van der Waals surface area contributed by atoms with E-state index in [0.717, 1.165) is 12.8 Å². The summed E-state index contributed by atoms with van der Waals surface area (Å²) in [5.41, 5.74) is -4.21. The SMILES string of the molecule is CC(C)(/C=C/C[C@](C)(O[C@@H]1O[C@H](CO)[C@@H](O)[C@H](O)[C@H]1O[C@@H]1O[C@@H](CO)[C@H](O)[C@H]1O)[C@H]1CC[C@]2(C)[C@@H]1[C@H](O)C[C@@H]1[C@@]3(C)CC[C@H](O[C@@H]4O[C@H](CO)[C@@H](O)[C@H](O)[C@H]4O[C@@H]4O[C@H](CO)[C@@H](O)[C@H](O)[C@H]4O)C(C)(C)[C@@H]3CC[C@]12C)OO. The van der Waals surface area contributed by atoms with Gasteiger partial charge in [-0.15, -0.1) is 0 Å². The second-order valence-corrected chi connectivity index (χ2v) is 25.7. The molecule has 0 aromatic heterocycles. The Labute approximate surface area is 449 Å². The zero-order valence-corrected chi connectivity index (χ0v) is 45.5. The third-order valence-electron chi connectivity index (χ3n) is 20.7. The highest BCUT2D eigenvalue weighted by Crippen LogP contribution is 2.76. The van der Waals surface area contributed by atoms with Crippen LogP contribution in [0.5, 0.6) is 0 Å². The molecular formula is C53H90O24. The van der Waals surface area contributed by atoms with E-state index in [9.17, 15) is 76.7 Å². The molecule has 446 valence electrons. The molecule has 4 heterocycles. The molecule has 4 aliphatic heterocycles. The summed E-state index contributed by atoms with van der Waals surface area (Å²) in [5.74, 6) is -0.800. The molecule has 15 N–H and O–H groups in total. The Morgan fingerprint density at radius 3 is 1.52 bits per heavy atom. The van der Waals surface area contributed by atoms with Gasteiger partial charge in [-0.05, 0) is 117 Å². The van der Waals surface area contributed by atoms with Crippen LogP contribution >= 0.6 is 0 Å². The number of hydrogen-bond acceptors (Lipinski definition) is 24. The first-order chi connectivity index (χ1) is 36.0. The maximum atomic E-state index is 12.9. The molecule has 0 aromatic carbocycles. The normalized spacial score (nSPS) is 52.0. The average Bonchev–Trinajstić information content (AvgIpc) is 4.15. The van der Waals surface area contributed by atoms with Crippen molar-refractivity contribution in [1.82, 2.24) is 0 Å². The van der Waals surface area contributed by atoms with Gasteiger partial charge in [-0.1, -0.05) is 46.8 Å². The van der Waals surface area contributed by atoms with Gasteiger partial charge in [0.25, 0.3) is 0 Å². The van der Waals surface area contributed by atoms with Crippen LogP contribution in [0.15, 0.2) is 12.2 Å². The van der Waals surface area contributed by atoms with Gasteiger partial charge in [-0.3, -0.25) is 5.26 Å². The quantitative estimate of drug-likeness (QED) is 0.0321. The summed E-state index contributed by atoms with van der Waals surface area (Å²) >= 11 is 0. The van der Waals surface area contributed by atoms with E-state index in [-0.39, 0.29) is 35.0 Å². The standard InChI is InChI=1S/C53H90O24/c1-48(2,77-68)13-9-14-53(8,76-47-43(39(65)35(61)27(21-56)72-47)75-44-40(66)36(62)28(22-57)70-44)23-10-16-52(7)32(23)24(58)18-30-50(5)15-12-31(49(3,4)29(50)11-17-51(30,52)6)73-46-42(38(64)34(60)26(20-55)71-46)74-45-41(67)37(63)33(59)25(19-54)69-45/h9,13,23-47,54-68H,10-12,14-22H2,1-8H3/b13-9+/t23-,24+,25+,26+,27+,28-,29-,30+,31-,32-,33+,34+,35+,36-,37-,38-,39-,40+,41+,42+,43+,44-,45-,46-,47-,50-,51+,52+,53-/m0/s1. The molecule has 8 aliphatic rings. The van der Waals surface area contributed by atoms with Gasteiger partial charge in [0.05, 0.1) is 44.2 Å². The van der Waals surface area contributed by atoms with Crippen molar-refractivity contribution in [3.05, 3.63) is 12.2 Å². The Morgan fingerprint density at radius 1 is 0.519 bits per heavy atom. The van der Waals surface area contributed by atoms with Crippen molar-refractivity contribution in [2.75, 3.05) is 26.4 Å². The fourth-order valence-electron chi connectivity index (χ4n) is 16.1. The Morgan fingerprint density at radius 2 is 0.987 bits per heavy atom. The lowest BCUT2D eigenvalue weighted by Crippen LogP contribution is -2.68. The van der Waals surface area contributed by atoms with Gasteiger partial charge in [0.2, 0.25) is 0 Å². The molecule has 8 rings (SSSR count). The van der Waals surface area contributed by atoms with Crippen LogP contribution in [-0.4, -0.2) is 243 Å². The van der Waals surface area contributed by atoms with Crippen LogP contribution < -0.4 is 0 Å². The summed E-state index contributed by atoms with van der Waals surface area (Å²) in [7, 11) is 0. The highest BCUT2D eigenvalue weighted by atomic mass is 17.1. The van der Waals surface area contributed by atoms with Gasteiger partial charge in [0.1, 0.15) is 97.2 Å². The fraction of sp³-hybridized carbons (Fsp3) is 0.962.